The molecule has 2 aromatic heterocycles. The molecule has 0 radical (unpaired) electrons. The second kappa shape index (κ2) is 4.46. The van der Waals surface area contributed by atoms with E-state index in [0.29, 0.717) is 6.04 Å². The van der Waals surface area contributed by atoms with Crippen molar-refractivity contribution in [1.82, 2.24) is 10.3 Å². The van der Waals surface area contributed by atoms with Crippen molar-refractivity contribution in [2.75, 3.05) is 0 Å². The molecule has 0 atom stereocenters. The Morgan fingerprint density at radius 3 is 3.12 bits per heavy atom. The Bertz CT molecular complexity index is 490. The number of hydrogen-bond donors (Lipinski definition) is 1. The fourth-order valence-electron chi connectivity index (χ4n) is 1.48. The molecule has 0 saturated heterocycles. The fraction of sp³-hybridized carbons (Fsp3) is 0.364. The van der Waals surface area contributed by atoms with E-state index in [-0.39, 0.29) is 0 Å². The Morgan fingerprint density at radius 1 is 1.56 bits per heavy atom. The average molecular weight is 346 g/mol. The molecule has 3 nitrogen and oxygen atoms in total. The Morgan fingerprint density at radius 2 is 2.44 bits per heavy atom. The largest absolute Gasteiger partial charge is 0.444 e. The minimum atomic E-state index is 0.710. The summed E-state index contributed by atoms with van der Waals surface area (Å²) in [6.45, 7) is 0.815. The van der Waals surface area contributed by atoms with Crippen LogP contribution >= 0.6 is 33.9 Å². The Balaban J connectivity index is 1.71. The molecule has 1 fully saturated rings. The van der Waals surface area contributed by atoms with Gasteiger partial charge < -0.3 is 9.73 Å². The molecule has 2 aromatic rings. The highest BCUT2D eigenvalue weighted by Gasteiger charge is 2.20. The van der Waals surface area contributed by atoms with Crippen LogP contribution in [0, 0.1) is 2.88 Å². The zero-order chi connectivity index (χ0) is 11.0. The normalized spacial score (nSPS) is 15.6. The molecule has 0 unspecified atom stereocenters. The van der Waals surface area contributed by atoms with E-state index in [4.69, 9.17) is 4.42 Å². The van der Waals surface area contributed by atoms with Crippen LogP contribution in [0.5, 0.6) is 0 Å². The first-order chi connectivity index (χ1) is 7.81. The van der Waals surface area contributed by atoms with Crippen LogP contribution in [0.3, 0.4) is 0 Å². The highest BCUT2D eigenvalue weighted by atomic mass is 127. The zero-order valence-corrected chi connectivity index (χ0v) is 11.5. The first-order valence-electron chi connectivity index (χ1n) is 5.23. The van der Waals surface area contributed by atoms with Gasteiger partial charge in [0, 0.05) is 23.5 Å². The number of rotatable bonds is 4. The average Bonchev–Trinajstić information content (AvgIpc) is 2.81. The van der Waals surface area contributed by atoms with E-state index in [9.17, 15) is 0 Å². The lowest BCUT2D eigenvalue weighted by Gasteiger charge is -1.95. The van der Waals surface area contributed by atoms with E-state index in [1.54, 1.807) is 17.6 Å². The maximum absolute atomic E-state index is 5.47. The highest BCUT2D eigenvalue weighted by molar-refractivity contribution is 14.1. The molecule has 16 heavy (non-hydrogen) atoms. The molecular formula is C11H11IN2OS. The van der Waals surface area contributed by atoms with Gasteiger partial charge in [-0.05, 0) is 41.5 Å². The van der Waals surface area contributed by atoms with Gasteiger partial charge >= 0.3 is 0 Å². The lowest BCUT2D eigenvalue weighted by atomic mass is 10.3. The summed E-state index contributed by atoms with van der Waals surface area (Å²) in [4.78, 5) is 4.47. The Kier molecular flexibility index (Phi) is 2.99. The van der Waals surface area contributed by atoms with Gasteiger partial charge in [-0.3, -0.25) is 0 Å². The van der Waals surface area contributed by atoms with Gasteiger partial charge in [0.2, 0.25) is 5.89 Å². The summed E-state index contributed by atoms with van der Waals surface area (Å²) in [7, 11) is 0. The number of nitrogens with one attached hydrogen (secondary N) is 1. The van der Waals surface area contributed by atoms with Crippen molar-refractivity contribution in [3.05, 3.63) is 26.3 Å². The topological polar surface area (TPSA) is 38.1 Å². The van der Waals surface area contributed by atoms with Crippen LogP contribution < -0.4 is 5.32 Å². The van der Waals surface area contributed by atoms with Gasteiger partial charge in [-0.25, -0.2) is 4.98 Å². The molecule has 5 heteroatoms. The smallest absolute Gasteiger partial charge is 0.227 e. The van der Waals surface area contributed by atoms with Crippen molar-refractivity contribution in [3.8, 4) is 11.5 Å². The second-order valence-electron chi connectivity index (χ2n) is 3.94. The predicted molar refractivity (Wildman–Crippen MR) is 72.4 cm³/mol. The van der Waals surface area contributed by atoms with Crippen LogP contribution in [0.1, 0.15) is 18.5 Å². The standard InChI is InChI=1S/C11H11IN2OS/c12-10-3-7(6-16-10)11-14-9(5-15-11)4-13-8-1-2-8/h3,5-6,8,13H,1-2,4H2. The molecule has 1 aliphatic carbocycles. The summed E-state index contributed by atoms with van der Waals surface area (Å²) in [6.07, 6.45) is 4.34. The summed E-state index contributed by atoms with van der Waals surface area (Å²) in [5.74, 6) is 0.728. The first-order valence-corrected chi connectivity index (χ1v) is 7.19. The van der Waals surface area contributed by atoms with E-state index in [0.717, 1.165) is 23.7 Å². The van der Waals surface area contributed by atoms with Crippen molar-refractivity contribution in [2.45, 2.75) is 25.4 Å². The molecule has 0 bridgehead atoms. The maximum Gasteiger partial charge on any atom is 0.227 e. The number of halogens is 1. The van der Waals surface area contributed by atoms with Crippen LogP contribution in [0.15, 0.2) is 22.1 Å². The first kappa shape index (κ1) is 10.7. The summed E-state index contributed by atoms with van der Waals surface area (Å²) < 4.78 is 6.72. The van der Waals surface area contributed by atoms with Gasteiger partial charge in [-0.1, -0.05) is 0 Å². The van der Waals surface area contributed by atoms with E-state index < -0.39 is 0 Å². The Hall–Kier alpha value is -0.400. The summed E-state index contributed by atoms with van der Waals surface area (Å²) >= 11 is 4.01. The lowest BCUT2D eigenvalue weighted by molar-refractivity contribution is 0.570. The number of aromatic nitrogens is 1. The minimum Gasteiger partial charge on any atom is -0.444 e. The molecule has 1 saturated carbocycles. The van der Waals surface area contributed by atoms with Crippen molar-refractivity contribution in [2.24, 2.45) is 0 Å². The van der Waals surface area contributed by atoms with Crippen LogP contribution in [0.4, 0.5) is 0 Å². The lowest BCUT2D eigenvalue weighted by Crippen LogP contribution is -2.15. The van der Waals surface area contributed by atoms with Crippen molar-refractivity contribution in [3.63, 3.8) is 0 Å². The van der Waals surface area contributed by atoms with Crippen LogP contribution in [-0.2, 0) is 6.54 Å². The molecule has 1 aliphatic rings. The van der Waals surface area contributed by atoms with Crippen molar-refractivity contribution < 1.29 is 4.42 Å². The molecule has 2 heterocycles. The van der Waals surface area contributed by atoms with Crippen LogP contribution in [0.25, 0.3) is 11.5 Å². The van der Waals surface area contributed by atoms with Gasteiger partial charge in [-0.2, -0.15) is 0 Å². The number of hydrogen-bond acceptors (Lipinski definition) is 4. The highest BCUT2D eigenvalue weighted by Crippen LogP contribution is 2.26. The third-order valence-electron chi connectivity index (χ3n) is 2.52. The molecule has 0 aromatic carbocycles. The summed E-state index contributed by atoms with van der Waals surface area (Å²) in [6, 6.07) is 2.80. The molecule has 84 valence electrons. The third kappa shape index (κ3) is 2.46. The summed E-state index contributed by atoms with van der Waals surface area (Å²) in [5.41, 5.74) is 2.06. The molecule has 0 spiro atoms. The predicted octanol–water partition coefficient (Wildman–Crippen LogP) is 3.26. The molecular weight excluding hydrogens is 335 g/mol. The molecule has 0 aliphatic heterocycles. The van der Waals surface area contributed by atoms with Crippen LogP contribution in [-0.4, -0.2) is 11.0 Å². The number of thiophene rings is 1. The van der Waals surface area contributed by atoms with E-state index >= 15 is 0 Å². The van der Waals surface area contributed by atoms with Gasteiger partial charge in [0.15, 0.2) is 0 Å². The molecule has 1 N–H and O–H groups in total. The maximum atomic E-state index is 5.47. The third-order valence-corrected chi connectivity index (χ3v) is 4.30. The van der Waals surface area contributed by atoms with E-state index in [1.807, 2.05) is 0 Å². The minimum absolute atomic E-state index is 0.710. The molecule has 3 rings (SSSR count). The second-order valence-corrected chi connectivity index (χ2v) is 6.74. The van der Waals surface area contributed by atoms with Crippen molar-refractivity contribution >= 4 is 33.9 Å². The van der Waals surface area contributed by atoms with Gasteiger partial charge in [0.25, 0.3) is 0 Å². The SMILES string of the molecule is Ic1cc(-c2nc(CNC3CC3)co2)cs1. The van der Waals surface area contributed by atoms with Gasteiger partial charge in [0.05, 0.1) is 8.58 Å². The number of oxazole rings is 1. The Labute approximate surface area is 111 Å². The van der Waals surface area contributed by atoms with Crippen LogP contribution in [0.2, 0.25) is 0 Å². The summed E-state index contributed by atoms with van der Waals surface area (Å²) in [5, 5.41) is 5.50. The van der Waals surface area contributed by atoms with E-state index in [2.05, 4.69) is 44.3 Å². The van der Waals surface area contributed by atoms with Gasteiger partial charge in [0.1, 0.15) is 6.26 Å². The molecule has 0 amide bonds. The van der Waals surface area contributed by atoms with E-state index in [1.165, 1.54) is 15.7 Å². The number of nitrogens with zero attached hydrogens (tertiary/aromatic N) is 1. The zero-order valence-electron chi connectivity index (χ0n) is 8.57. The monoisotopic (exact) mass is 346 g/mol. The van der Waals surface area contributed by atoms with Gasteiger partial charge in [-0.15, -0.1) is 11.3 Å². The van der Waals surface area contributed by atoms with Crippen molar-refractivity contribution in [1.29, 1.82) is 0 Å². The fourth-order valence-corrected chi connectivity index (χ4v) is 2.80. The quantitative estimate of drug-likeness (QED) is 0.864.